The Bertz CT molecular complexity index is 978. The van der Waals surface area contributed by atoms with Gasteiger partial charge in [0.2, 0.25) is 0 Å². The van der Waals surface area contributed by atoms with E-state index in [1.54, 1.807) is 24.3 Å². The van der Waals surface area contributed by atoms with Gasteiger partial charge in [0.05, 0.1) is 5.69 Å². The van der Waals surface area contributed by atoms with Crippen molar-refractivity contribution in [3.8, 4) is 11.4 Å². The number of hydrogen-bond donors (Lipinski definition) is 0. The molecule has 0 atom stereocenters. The Morgan fingerprint density at radius 1 is 0.880 bits per heavy atom. The Morgan fingerprint density at radius 2 is 1.48 bits per heavy atom. The third-order valence-corrected chi connectivity index (χ3v) is 4.52. The van der Waals surface area contributed by atoms with Crippen LogP contribution in [0.4, 0.5) is 0 Å². The first kappa shape index (κ1) is 15.8. The van der Waals surface area contributed by atoms with E-state index in [9.17, 15) is 9.59 Å². The van der Waals surface area contributed by atoms with Crippen molar-refractivity contribution in [2.75, 3.05) is 0 Å². The maximum Gasteiger partial charge on any atom is 0.351 e. The van der Waals surface area contributed by atoms with Crippen molar-refractivity contribution >= 4 is 11.6 Å². The average Bonchev–Trinajstić information content (AvgIpc) is 3.19. The number of aromatic nitrogens is 3. The highest BCUT2D eigenvalue weighted by atomic mass is 35.5. The lowest BCUT2D eigenvalue weighted by molar-refractivity contribution is 0.306. The molecule has 7 heteroatoms. The van der Waals surface area contributed by atoms with Crippen LogP contribution in [0.15, 0.2) is 58.1 Å². The molecule has 0 radical (unpaired) electrons. The number of rotatable bonds is 4. The van der Waals surface area contributed by atoms with Crippen molar-refractivity contribution in [1.29, 1.82) is 0 Å². The summed E-state index contributed by atoms with van der Waals surface area (Å²) in [6.45, 7) is 1.59. The lowest BCUT2D eigenvalue weighted by atomic mass is 10.2. The Labute approximate surface area is 148 Å². The smallest absolute Gasteiger partial charge is 0.351 e. The zero-order valence-corrected chi connectivity index (χ0v) is 14.1. The summed E-state index contributed by atoms with van der Waals surface area (Å²) in [5.41, 5.74) is 0.963. The monoisotopic (exact) mass is 357 g/mol. The van der Waals surface area contributed by atoms with Crippen molar-refractivity contribution in [3.05, 3.63) is 80.1 Å². The molecule has 0 spiro atoms. The van der Waals surface area contributed by atoms with Gasteiger partial charge in [-0.1, -0.05) is 23.7 Å². The molecule has 2 heterocycles. The van der Waals surface area contributed by atoms with Crippen molar-refractivity contribution in [2.24, 2.45) is 0 Å². The van der Waals surface area contributed by atoms with Gasteiger partial charge in [-0.3, -0.25) is 0 Å². The van der Waals surface area contributed by atoms with Crippen LogP contribution in [0.2, 0.25) is 5.02 Å². The van der Waals surface area contributed by atoms with E-state index >= 15 is 0 Å². The van der Waals surface area contributed by atoms with Crippen LogP contribution in [0.5, 0.6) is 5.75 Å². The predicted octanol–water partition coefficient (Wildman–Crippen LogP) is 2.44. The highest BCUT2D eigenvalue weighted by molar-refractivity contribution is 6.30. The summed E-state index contributed by atoms with van der Waals surface area (Å²) >= 11 is 5.86. The molecular formula is C18H16ClN3O3. The third kappa shape index (κ3) is 2.89. The van der Waals surface area contributed by atoms with Crippen LogP contribution in [0.3, 0.4) is 0 Å². The number of fused-ring (bicyclic) bond motifs is 1. The standard InChI is InChI=1S/C18H16ClN3O3/c19-14-4-2-13(3-5-14)12-25-16-8-6-15(7-9-16)22-17(23)20-10-1-11-21(20)18(22)24/h2-9H,1,10-12H2. The number of benzene rings is 2. The molecule has 0 amide bonds. The summed E-state index contributed by atoms with van der Waals surface area (Å²) < 4.78 is 9.91. The van der Waals surface area contributed by atoms with Crippen LogP contribution in [0.1, 0.15) is 12.0 Å². The Morgan fingerprint density at radius 3 is 2.08 bits per heavy atom. The first-order chi connectivity index (χ1) is 12.1. The quantitative estimate of drug-likeness (QED) is 0.720. The zero-order valence-electron chi connectivity index (χ0n) is 13.4. The van der Waals surface area contributed by atoms with Crippen LogP contribution in [0.25, 0.3) is 5.69 Å². The van der Waals surface area contributed by atoms with E-state index in [-0.39, 0.29) is 11.4 Å². The second-order valence-electron chi connectivity index (χ2n) is 5.91. The van der Waals surface area contributed by atoms with Crippen LogP contribution in [-0.4, -0.2) is 13.9 Å². The summed E-state index contributed by atoms with van der Waals surface area (Å²) in [5, 5.41) is 0.685. The molecule has 4 rings (SSSR count). The fourth-order valence-corrected chi connectivity index (χ4v) is 3.11. The highest BCUT2D eigenvalue weighted by Gasteiger charge is 2.20. The first-order valence-corrected chi connectivity index (χ1v) is 8.41. The van der Waals surface area contributed by atoms with E-state index < -0.39 is 0 Å². The van der Waals surface area contributed by atoms with E-state index in [1.807, 2.05) is 24.3 Å². The van der Waals surface area contributed by atoms with Gasteiger partial charge in [-0.05, 0) is 48.4 Å². The van der Waals surface area contributed by atoms with E-state index in [2.05, 4.69) is 0 Å². The van der Waals surface area contributed by atoms with E-state index in [4.69, 9.17) is 16.3 Å². The fraction of sp³-hybridized carbons (Fsp3) is 0.222. The van der Waals surface area contributed by atoms with Crippen molar-refractivity contribution < 1.29 is 4.74 Å². The molecule has 2 aromatic carbocycles. The van der Waals surface area contributed by atoms with Gasteiger partial charge in [0.1, 0.15) is 12.4 Å². The Balaban J connectivity index is 1.54. The van der Waals surface area contributed by atoms with Gasteiger partial charge in [0.25, 0.3) is 0 Å². The zero-order chi connectivity index (χ0) is 17.4. The number of hydrogen-bond acceptors (Lipinski definition) is 3. The molecule has 128 valence electrons. The molecule has 25 heavy (non-hydrogen) atoms. The Kier molecular flexibility index (Phi) is 3.97. The molecule has 1 aliphatic rings. The van der Waals surface area contributed by atoms with Crippen molar-refractivity contribution in [2.45, 2.75) is 26.1 Å². The predicted molar refractivity (Wildman–Crippen MR) is 94.7 cm³/mol. The molecule has 0 aliphatic carbocycles. The number of nitrogens with zero attached hydrogens (tertiary/aromatic N) is 3. The van der Waals surface area contributed by atoms with Gasteiger partial charge in [-0.2, -0.15) is 0 Å². The fourth-order valence-electron chi connectivity index (χ4n) is 2.98. The topological polar surface area (TPSA) is 58.2 Å². The van der Waals surface area contributed by atoms with Crippen LogP contribution < -0.4 is 16.1 Å². The molecule has 3 aromatic rings. The minimum absolute atomic E-state index is 0.294. The molecule has 0 bridgehead atoms. The SMILES string of the molecule is O=c1n(-c2ccc(OCc3ccc(Cl)cc3)cc2)c(=O)n2n1CCC2. The molecule has 0 N–H and O–H groups in total. The Hall–Kier alpha value is -2.73. The molecule has 0 saturated heterocycles. The maximum atomic E-state index is 12.4. The molecule has 0 fully saturated rings. The molecule has 6 nitrogen and oxygen atoms in total. The average molecular weight is 358 g/mol. The first-order valence-electron chi connectivity index (χ1n) is 8.04. The summed E-state index contributed by atoms with van der Waals surface area (Å²) in [7, 11) is 0. The van der Waals surface area contributed by atoms with Crippen molar-refractivity contribution in [3.63, 3.8) is 0 Å². The van der Waals surface area contributed by atoms with Crippen LogP contribution in [0, 0.1) is 0 Å². The minimum Gasteiger partial charge on any atom is -0.489 e. The van der Waals surface area contributed by atoms with Gasteiger partial charge in [-0.15, -0.1) is 0 Å². The molecular weight excluding hydrogens is 342 g/mol. The molecule has 1 aromatic heterocycles. The lowest BCUT2D eigenvalue weighted by Crippen LogP contribution is -2.28. The van der Waals surface area contributed by atoms with E-state index in [0.29, 0.717) is 36.2 Å². The lowest BCUT2D eigenvalue weighted by Gasteiger charge is -2.07. The highest BCUT2D eigenvalue weighted by Crippen LogP contribution is 2.17. The number of ether oxygens (including phenoxy) is 1. The molecule has 1 aliphatic heterocycles. The van der Waals surface area contributed by atoms with Gasteiger partial charge < -0.3 is 4.74 Å². The third-order valence-electron chi connectivity index (χ3n) is 4.27. The van der Waals surface area contributed by atoms with E-state index in [1.165, 1.54) is 13.9 Å². The van der Waals surface area contributed by atoms with Gasteiger partial charge >= 0.3 is 11.4 Å². The summed E-state index contributed by atoms with van der Waals surface area (Å²) in [6.07, 6.45) is 0.822. The second kappa shape index (κ2) is 6.29. The summed E-state index contributed by atoms with van der Waals surface area (Å²) in [6, 6.07) is 14.4. The van der Waals surface area contributed by atoms with Gasteiger partial charge in [0, 0.05) is 18.1 Å². The van der Waals surface area contributed by atoms with Crippen LogP contribution >= 0.6 is 11.6 Å². The number of halogens is 1. The molecule has 0 saturated carbocycles. The van der Waals surface area contributed by atoms with E-state index in [0.717, 1.165) is 12.0 Å². The van der Waals surface area contributed by atoms with Gasteiger partial charge in [0.15, 0.2) is 0 Å². The summed E-state index contributed by atoms with van der Waals surface area (Å²) in [5.74, 6) is 0.665. The van der Waals surface area contributed by atoms with Gasteiger partial charge in [-0.25, -0.2) is 23.5 Å². The maximum absolute atomic E-state index is 12.4. The molecule has 0 unspecified atom stereocenters. The normalized spacial score (nSPS) is 13.0. The van der Waals surface area contributed by atoms with Crippen LogP contribution in [-0.2, 0) is 19.7 Å². The van der Waals surface area contributed by atoms with Crippen molar-refractivity contribution in [1.82, 2.24) is 13.9 Å². The summed E-state index contributed by atoms with van der Waals surface area (Å²) in [4.78, 5) is 24.7. The largest absolute Gasteiger partial charge is 0.489 e. The minimum atomic E-state index is -0.294. The second-order valence-corrected chi connectivity index (χ2v) is 6.35.